The third-order valence-corrected chi connectivity index (χ3v) is 9.54. The predicted octanol–water partition coefficient (Wildman–Crippen LogP) is 9.94. The van der Waals surface area contributed by atoms with Gasteiger partial charge in [0.2, 0.25) is 0 Å². The molecule has 37 heavy (non-hydrogen) atoms. The minimum absolute atomic E-state index is 0.978. The molecule has 2 nitrogen and oxygen atoms in total. The topological polar surface area (TPSA) is 17.8 Å². The van der Waals surface area contributed by atoms with E-state index >= 15 is 0 Å². The smallest absolute Gasteiger partial charge is 0.110 e. The molecule has 0 unspecified atom stereocenters. The van der Waals surface area contributed by atoms with Gasteiger partial charge in [-0.05, 0) is 24.3 Å². The largest absolute Gasteiger partial charge is 0.301 e. The summed E-state index contributed by atoms with van der Waals surface area (Å²) in [6.45, 7) is 0. The standard InChI is InChI=1S/C33H20N2S2/c1-3-11-21(12-4-1)26-19-23(20-27(34-26)22-13-5-2-6-14-22)35-28-17-9-7-15-24(28)30-32-31(37-33(30)35)25-16-8-10-18-29(25)36-32/h1-20H. The zero-order valence-corrected chi connectivity index (χ0v) is 21.4. The average Bonchev–Trinajstić information content (AvgIpc) is 3.61. The summed E-state index contributed by atoms with van der Waals surface area (Å²) < 4.78 is 6.56. The zero-order chi connectivity index (χ0) is 24.3. The Morgan fingerprint density at radius 2 is 1.14 bits per heavy atom. The first-order valence-corrected chi connectivity index (χ1v) is 13.9. The maximum atomic E-state index is 5.11. The van der Waals surface area contributed by atoms with Crippen molar-refractivity contribution in [2.24, 2.45) is 0 Å². The maximum Gasteiger partial charge on any atom is 0.110 e. The third-order valence-electron chi connectivity index (χ3n) is 7.01. The monoisotopic (exact) mass is 508 g/mol. The number of rotatable bonds is 3. The van der Waals surface area contributed by atoms with Crippen LogP contribution in [0.5, 0.6) is 0 Å². The summed E-state index contributed by atoms with van der Waals surface area (Å²) in [4.78, 5) is 6.40. The maximum absolute atomic E-state index is 5.11. The fraction of sp³-hybridized carbons (Fsp3) is 0. The number of benzene rings is 4. The van der Waals surface area contributed by atoms with Crippen molar-refractivity contribution >= 4 is 63.3 Å². The summed E-state index contributed by atoms with van der Waals surface area (Å²) in [6, 6.07) is 43.0. The van der Waals surface area contributed by atoms with Gasteiger partial charge < -0.3 is 4.57 Å². The summed E-state index contributed by atoms with van der Waals surface area (Å²) >= 11 is 3.81. The van der Waals surface area contributed by atoms with Crippen LogP contribution < -0.4 is 0 Å². The minimum atomic E-state index is 0.978. The van der Waals surface area contributed by atoms with Gasteiger partial charge in [-0.25, -0.2) is 4.98 Å². The second kappa shape index (κ2) is 8.13. The van der Waals surface area contributed by atoms with Crippen molar-refractivity contribution in [3.05, 3.63) is 121 Å². The van der Waals surface area contributed by atoms with Crippen LogP contribution in [0.2, 0.25) is 0 Å². The van der Waals surface area contributed by atoms with Crippen molar-refractivity contribution < 1.29 is 0 Å². The number of thiophene rings is 2. The summed E-state index contributed by atoms with van der Waals surface area (Å²) in [5.74, 6) is 0. The van der Waals surface area contributed by atoms with Gasteiger partial charge in [0.1, 0.15) is 4.83 Å². The molecule has 0 N–H and O–H groups in total. The molecule has 0 aliphatic heterocycles. The van der Waals surface area contributed by atoms with Crippen LogP contribution in [-0.4, -0.2) is 9.55 Å². The van der Waals surface area contributed by atoms with Crippen LogP contribution in [0.25, 0.3) is 68.8 Å². The third kappa shape index (κ3) is 3.20. The Labute approximate surface area is 221 Å². The summed E-state index contributed by atoms with van der Waals surface area (Å²) in [5.41, 5.74) is 6.56. The molecule has 4 aromatic carbocycles. The molecule has 174 valence electrons. The average molecular weight is 509 g/mol. The molecule has 0 aliphatic rings. The second-order valence-electron chi connectivity index (χ2n) is 9.22. The van der Waals surface area contributed by atoms with Gasteiger partial charge in [0.05, 0.1) is 32.0 Å². The van der Waals surface area contributed by atoms with Gasteiger partial charge in [-0.3, -0.25) is 0 Å². The number of para-hydroxylation sites is 1. The lowest BCUT2D eigenvalue weighted by atomic mass is 10.1. The van der Waals surface area contributed by atoms with E-state index in [0.29, 0.717) is 0 Å². The summed E-state index contributed by atoms with van der Waals surface area (Å²) in [6.07, 6.45) is 0. The first-order chi connectivity index (χ1) is 18.3. The van der Waals surface area contributed by atoms with Crippen molar-refractivity contribution in [2.75, 3.05) is 0 Å². The number of nitrogens with zero attached hydrogens (tertiary/aromatic N) is 2. The number of fused-ring (bicyclic) bond motifs is 7. The van der Waals surface area contributed by atoms with Crippen LogP contribution in [-0.2, 0) is 0 Å². The van der Waals surface area contributed by atoms with Gasteiger partial charge in [-0.1, -0.05) is 97.1 Å². The molecule has 0 spiro atoms. The van der Waals surface area contributed by atoms with E-state index in [1.807, 2.05) is 22.7 Å². The van der Waals surface area contributed by atoms with Gasteiger partial charge in [0, 0.05) is 32.0 Å². The molecule has 0 saturated heterocycles. The highest BCUT2D eigenvalue weighted by molar-refractivity contribution is 7.36. The molecule has 8 aromatic rings. The molecule has 0 amide bonds. The molecule has 0 aliphatic carbocycles. The first-order valence-electron chi connectivity index (χ1n) is 12.3. The Balaban J connectivity index is 1.49. The van der Waals surface area contributed by atoms with Crippen LogP contribution in [0.1, 0.15) is 0 Å². The molecule has 4 heteroatoms. The molecule has 0 atom stereocenters. The molecule has 8 rings (SSSR count). The van der Waals surface area contributed by atoms with Gasteiger partial charge in [0.15, 0.2) is 0 Å². The molecular weight excluding hydrogens is 489 g/mol. The van der Waals surface area contributed by atoms with Crippen LogP contribution in [0, 0.1) is 0 Å². The number of pyridine rings is 1. The normalized spacial score (nSPS) is 11.8. The van der Waals surface area contributed by atoms with E-state index in [-0.39, 0.29) is 0 Å². The Morgan fingerprint density at radius 1 is 0.541 bits per heavy atom. The van der Waals surface area contributed by atoms with Crippen molar-refractivity contribution in [2.45, 2.75) is 0 Å². The van der Waals surface area contributed by atoms with Crippen LogP contribution in [0.15, 0.2) is 121 Å². The molecular formula is C33H20N2S2. The van der Waals surface area contributed by atoms with Crippen molar-refractivity contribution in [3.8, 4) is 28.2 Å². The number of hydrogen-bond donors (Lipinski definition) is 0. The molecule has 0 fully saturated rings. The molecule has 4 heterocycles. The zero-order valence-electron chi connectivity index (χ0n) is 19.8. The Hall–Kier alpha value is -4.25. The Morgan fingerprint density at radius 3 is 1.84 bits per heavy atom. The molecule has 0 radical (unpaired) electrons. The Bertz CT molecular complexity index is 2020. The van der Waals surface area contributed by atoms with E-state index in [1.165, 1.54) is 40.6 Å². The highest BCUT2D eigenvalue weighted by Crippen LogP contribution is 2.48. The Kier molecular flexibility index (Phi) is 4.59. The fourth-order valence-electron chi connectivity index (χ4n) is 5.33. The van der Waals surface area contributed by atoms with Crippen molar-refractivity contribution in [1.29, 1.82) is 0 Å². The lowest BCUT2D eigenvalue weighted by Crippen LogP contribution is -1.97. The predicted molar refractivity (Wildman–Crippen MR) is 160 cm³/mol. The van der Waals surface area contributed by atoms with E-state index in [0.717, 1.165) is 28.2 Å². The van der Waals surface area contributed by atoms with Gasteiger partial charge in [-0.15, -0.1) is 22.7 Å². The molecule has 0 bridgehead atoms. The molecule has 0 saturated carbocycles. The lowest BCUT2D eigenvalue weighted by molar-refractivity contribution is 1.17. The fourth-order valence-corrected chi connectivity index (χ4v) is 8.15. The van der Waals surface area contributed by atoms with Gasteiger partial charge >= 0.3 is 0 Å². The van der Waals surface area contributed by atoms with Crippen LogP contribution in [0.3, 0.4) is 0 Å². The SMILES string of the molecule is c1ccc(-c2cc(-n3c4ccccc4c4c5sc6ccccc6c5sc43)cc(-c3ccccc3)n2)cc1. The van der Waals surface area contributed by atoms with E-state index in [4.69, 9.17) is 4.98 Å². The number of aromatic nitrogens is 2. The van der Waals surface area contributed by atoms with Crippen molar-refractivity contribution in [3.63, 3.8) is 0 Å². The highest BCUT2D eigenvalue weighted by atomic mass is 32.1. The van der Waals surface area contributed by atoms with Gasteiger partial charge in [-0.2, -0.15) is 0 Å². The van der Waals surface area contributed by atoms with Crippen LogP contribution >= 0.6 is 22.7 Å². The van der Waals surface area contributed by atoms with E-state index < -0.39 is 0 Å². The lowest BCUT2D eigenvalue weighted by Gasteiger charge is -2.12. The van der Waals surface area contributed by atoms with Gasteiger partial charge in [0.25, 0.3) is 0 Å². The van der Waals surface area contributed by atoms with Crippen molar-refractivity contribution in [1.82, 2.24) is 9.55 Å². The van der Waals surface area contributed by atoms with E-state index in [9.17, 15) is 0 Å². The summed E-state index contributed by atoms with van der Waals surface area (Å²) in [7, 11) is 0. The van der Waals surface area contributed by atoms with E-state index in [2.05, 4.69) is 126 Å². The summed E-state index contributed by atoms with van der Waals surface area (Å²) in [5, 5.41) is 4.01. The van der Waals surface area contributed by atoms with Crippen LogP contribution in [0.4, 0.5) is 0 Å². The quantitative estimate of drug-likeness (QED) is 0.232. The first kappa shape index (κ1) is 20.9. The number of hydrogen-bond acceptors (Lipinski definition) is 3. The van der Waals surface area contributed by atoms with E-state index in [1.54, 1.807) is 0 Å². The second-order valence-corrected chi connectivity index (χ2v) is 11.3. The highest BCUT2D eigenvalue weighted by Gasteiger charge is 2.21. The molecule has 4 aromatic heterocycles. The minimum Gasteiger partial charge on any atom is -0.301 e.